The van der Waals surface area contributed by atoms with Crippen molar-refractivity contribution >= 4 is 33.3 Å². The van der Waals surface area contributed by atoms with Crippen LogP contribution in [0.1, 0.15) is 13.8 Å². The van der Waals surface area contributed by atoms with E-state index in [9.17, 15) is 5.11 Å². The van der Waals surface area contributed by atoms with Crippen molar-refractivity contribution in [3.8, 4) is 0 Å². The predicted octanol–water partition coefficient (Wildman–Crippen LogP) is 2.39. The molecule has 1 saturated heterocycles. The highest BCUT2D eigenvalue weighted by atomic mass is 79.9. The summed E-state index contributed by atoms with van der Waals surface area (Å²) >= 11 is 9.58. The highest BCUT2D eigenvalue weighted by molar-refractivity contribution is 9.10. The van der Waals surface area contributed by atoms with Crippen LogP contribution in [0, 0.1) is 0 Å². The summed E-state index contributed by atoms with van der Waals surface area (Å²) in [6.07, 6.45) is 1.77. The van der Waals surface area contributed by atoms with Gasteiger partial charge in [-0.25, -0.2) is 4.98 Å². The first-order valence-electron chi connectivity index (χ1n) is 6.36. The van der Waals surface area contributed by atoms with E-state index in [-0.39, 0.29) is 0 Å². The molecule has 0 amide bonds. The van der Waals surface area contributed by atoms with Crippen molar-refractivity contribution in [2.24, 2.45) is 0 Å². The van der Waals surface area contributed by atoms with E-state index >= 15 is 0 Å². The zero-order chi connectivity index (χ0) is 14.0. The first-order chi connectivity index (χ1) is 8.85. The van der Waals surface area contributed by atoms with Gasteiger partial charge in [-0.2, -0.15) is 0 Å². The molecular weight excluding hydrogens is 330 g/mol. The normalized spacial score (nSPS) is 17.8. The smallest absolute Gasteiger partial charge is 0.147 e. The molecule has 2 rings (SSSR count). The van der Waals surface area contributed by atoms with Crippen molar-refractivity contribution in [2.45, 2.75) is 19.4 Å². The molecule has 1 aromatic rings. The van der Waals surface area contributed by atoms with Crippen LogP contribution in [-0.2, 0) is 0 Å². The van der Waals surface area contributed by atoms with E-state index in [2.05, 4.69) is 30.7 Å². The Balaban J connectivity index is 1.96. The Morgan fingerprint density at radius 1 is 1.37 bits per heavy atom. The van der Waals surface area contributed by atoms with E-state index in [1.54, 1.807) is 6.20 Å². The Labute approximate surface area is 127 Å². The number of nitrogens with zero attached hydrogens (tertiary/aromatic N) is 3. The van der Waals surface area contributed by atoms with Crippen LogP contribution in [0.2, 0.25) is 5.02 Å². The minimum atomic E-state index is -0.643. The summed E-state index contributed by atoms with van der Waals surface area (Å²) < 4.78 is 0.891. The largest absolute Gasteiger partial charge is 0.389 e. The van der Waals surface area contributed by atoms with Crippen molar-refractivity contribution < 1.29 is 5.11 Å². The van der Waals surface area contributed by atoms with Crippen LogP contribution in [-0.4, -0.2) is 53.3 Å². The number of hydrogen-bond acceptors (Lipinski definition) is 4. The number of β-amino-alcohol motifs (C(OH)–C–C–N with tert-alkyl or cyclic N) is 1. The van der Waals surface area contributed by atoms with Gasteiger partial charge in [-0.05, 0) is 35.8 Å². The number of piperazine rings is 1. The molecule has 0 saturated carbocycles. The minimum Gasteiger partial charge on any atom is -0.389 e. The Bertz CT molecular complexity index is 442. The third kappa shape index (κ3) is 4.31. The Morgan fingerprint density at radius 3 is 2.53 bits per heavy atom. The molecule has 1 aromatic heterocycles. The van der Waals surface area contributed by atoms with Gasteiger partial charge < -0.3 is 10.0 Å². The highest BCUT2D eigenvalue weighted by Gasteiger charge is 2.24. The van der Waals surface area contributed by atoms with E-state index < -0.39 is 5.60 Å². The summed E-state index contributed by atoms with van der Waals surface area (Å²) in [6, 6.07) is 1.87. The lowest BCUT2D eigenvalue weighted by Crippen LogP contribution is -2.50. The fourth-order valence-corrected chi connectivity index (χ4v) is 3.05. The van der Waals surface area contributed by atoms with E-state index in [1.165, 1.54) is 0 Å². The molecule has 19 heavy (non-hydrogen) atoms. The second-order valence-electron chi connectivity index (χ2n) is 5.53. The third-order valence-corrected chi connectivity index (χ3v) is 3.78. The zero-order valence-corrected chi connectivity index (χ0v) is 13.6. The van der Waals surface area contributed by atoms with E-state index in [4.69, 9.17) is 11.6 Å². The van der Waals surface area contributed by atoms with E-state index in [0.717, 1.165) is 36.5 Å². The summed E-state index contributed by atoms with van der Waals surface area (Å²) in [4.78, 5) is 8.84. The van der Waals surface area contributed by atoms with Gasteiger partial charge in [-0.15, -0.1) is 0 Å². The quantitative estimate of drug-likeness (QED) is 0.910. The van der Waals surface area contributed by atoms with Crippen LogP contribution in [0.5, 0.6) is 0 Å². The number of aromatic nitrogens is 1. The van der Waals surface area contributed by atoms with Crippen molar-refractivity contribution in [3.05, 3.63) is 21.8 Å². The monoisotopic (exact) mass is 347 g/mol. The molecule has 2 heterocycles. The summed E-state index contributed by atoms with van der Waals surface area (Å²) in [5.41, 5.74) is -0.643. The first kappa shape index (κ1) is 15.0. The number of pyridine rings is 1. The van der Waals surface area contributed by atoms with Gasteiger partial charge in [0.2, 0.25) is 0 Å². The minimum absolute atomic E-state index is 0.643. The molecule has 0 spiro atoms. The van der Waals surface area contributed by atoms with Crippen molar-refractivity contribution in [3.63, 3.8) is 0 Å². The molecule has 0 aromatic carbocycles. The zero-order valence-electron chi connectivity index (χ0n) is 11.2. The average Bonchev–Trinajstić information content (AvgIpc) is 2.28. The van der Waals surface area contributed by atoms with Gasteiger partial charge >= 0.3 is 0 Å². The summed E-state index contributed by atoms with van der Waals surface area (Å²) in [6.45, 7) is 7.96. The van der Waals surface area contributed by atoms with Gasteiger partial charge in [-0.3, -0.25) is 4.90 Å². The van der Waals surface area contributed by atoms with Crippen LogP contribution in [0.3, 0.4) is 0 Å². The molecule has 4 nitrogen and oxygen atoms in total. The molecule has 106 valence electrons. The van der Waals surface area contributed by atoms with Gasteiger partial charge in [0.05, 0.1) is 10.6 Å². The predicted molar refractivity (Wildman–Crippen MR) is 81.9 cm³/mol. The first-order valence-corrected chi connectivity index (χ1v) is 7.53. The molecule has 0 unspecified atom stereocenters. The van der Waals surface area contributed by atoms with Crippen molar-refractivity contribution in [2.75, 3.05) is 37.6 Å². The van der Waals surface area contributed by atoms with Crippen LogP contribution in [0.25, 0.3) is 0 Å². The second kappa shape index (κ2) is 5.95. The lowest BCUT2D eigenvalue weighted by molar-refractivity contribution is 0.0344. The fraction of sp³-hybridized carbons (Fsp3) is 0.615. The fourth-order valence-electron chi connectivity index (χ4n) is 2.31. The van der Waals surface area contributed by atoms with Crippen LogP contribution in [0.15, 0.2) is 16.7 Å². The van der Waals surface area contributed by atoms with Crippen LogP contribution < -0.4 is 4.90 Å². The Hall–Kier alpha value is -0.360. The molecule has 1 fully saturated rings. The maximum Gasteiger partial charge on any atom is 0.147 e. The summed E-state index contributed by atoms with van der Waals surface area (Å²) in [7, 11) is 0. The number of halogens is 2. The summed E-state index contributed by atoms with van der Waals surface area (Å²) in [5, 5.41) is 10.5. The van der Waals surface area contributed by atoms with Gasteiger partial charge in [0.25, 0.3) is 0 Å². The molecule has 1 aliphatic rings. The molecular formula is C13H19BrClN3O. The molecule has 6 heteroatoms. The Morgan fingerprint density at radius 2 is 2.00 bits per heavy atom. The van der Waals surface area contributed by atoms with Gasteiger partial charge in [0, 0.05) is 43.4 Å². The number of rotatable bonds is 3. The van der Waals surface area contributed by atoms with Gasteiger partial charge in [0.15, 0.2) is 0 Å². The van der Waals surface area contributed by atoms with Crippen LogP contribution >= 0.6 is 27.5 Å². The maximum absolute atomic E-state index is 9.83. The number of anilines is 1. The summed E-state index contributed by atoms with van der Waals surface area (Å²) in [5.74, 6) is 0.841. The number of aliphatic hydroxyl groups is 1. The lowest BCUT2D eigenvalue weighted by atomic mass is 10.1. The molecule has 0 bridgehead atoms. The standard InChI is InChI=1S/C13H19BrClN3O/c1-13(2,19)9-17-3-5-18(6-4-17)12-11(15)7-10(14)8-16-12/h7-8,19H,3-6,9H2,1-2H3. The maximum atomic E-state index is 9.83. The molecule has 0 aliphatic carbocycles. The Kier molecular flexibility index (Phi) is 4.71. The lowest BCUT2D eigenvalue weighted by Gasteiger charge is -2.38. The average molecular weight is 349 g/mol. The van der Waals surface area contributed by atoms with Crippen molar-refractivity contribution in [1.29, 1.82) is 0 Å². The highest BCUT2D eigenvalue weighted by Crippen LogP contribution is 2.27. The topological polar surface area (TPSA) is 39.6 Å². The van der Waals surface area contributed by atoms with E-state index in [0.29, 0.717) is 11.6 Å². The van der Waals surface area contributed by atoms with Gasteiger partial charge in [0.1, 0.15) is 5.82 Å². The van der Waals surface area contributed by atoms with Crippen molar-refractivity contribution in [1.82, 2.24) is 9.88 Å². The van der Waals surface area contributed by atoms with Gasteiger partial charge in [-0.1, -0.05) is 11.6 Å². The second-order valence-corrected chi connectivity index (χ2v) is 6.86. The SMILES string of the molecule is CC(C)(O)CN1CCN(c2ncc(Br)cc2Cl)CC1. The molecule has 1 N–H and O–H groups in total. The number of hydrogen-bond donors (Lipinski definition) is 1. The van der Waals surface area contributed by atoms with E-state index in [1.807, 2.05) is 19.9 Å². The molecule has 1 aliphatic heterocycles. The van der Waals surface area contributed by atoms with Crippen LogP contribution in [0.4, 0.5) is 5.82 Å². The third-order valence-electron chi connectivity index (χ3n) is 3.07. The molecule has 0 radical (unpaired) electrons. The molecule has 0 atom stereocenters.